The number of hydrogen-bond acceptors (Lipinski definition) is 6. The van der Waals surface area contributed by atoms with Gasteiger partial charge in [0.15, 0.2) is 11.5 Å². The lowest BCUT2D eigenvalue weighted by atomic mass is 9.89. The van der Waals surface area contributed by atoms with Crippen LogP contribution in [0, 0.1) is 5.82 Å². The van der Waals surface area contributed by atoms with Gasteiger partial charge in [-0.05, 0) is 58.1 Å². The number of imidazole rings is 1. The molecule has 1 aromatic carbocycles. The number of pyridine rings is 1. The Morgan fingerprint density at radius 3 is 2.44 bits per heavy atom. The summed E-state index contributed by atoms with van der Waals surface area (Å²) >= 11 is 6.20. The van der Waals surface area contributed by atoms with E-state index in [0.29, 0.717) is 22.3 Å². The maximum atomic E-state index is 14.6. The predicted octanol–water partition coefficient (Wildman–Crippen LogP) is 5.13. The van der Waals surface area contributed by atoms with Crippen LogP contribution in [0.25, 0.3) is 17.0 Å². The van der Waals surface area contributed by atoms with Crippen molar-refractivity contribution in [3.8, 4) is 11.4 Å². The highest BCUT2D eigenvalue weighted by Gasteiger charge is 2.31. The number of nitrogens with zero attached hydrogens (tertiary/aromatic N) is 5. The average molecular weight is 483 g/mol. The maximum absolute atomic E-state index is 14.6. The molecule has 0 fully saturated rings. The van der Waals surface area contributed by atoms with Gasteiger partial charge in [0.1, 0.15) is 5.69 Å². The van der Waals surface area contributed by atoms with E-state index in [1.807, 2.05) is 64.0 Å². The minimum atomic E-state index is -0.637. The van der Waals surface area contributed by atoms with Gasteiger partial charge in [0.2, 0.25) is 5.95 Å². The molecule has 34 heavy (non-hydrogen) atoms. The van der Waals surface area contributed by atoms with Crippen molar-refractivity contribution in [3.05, 3.63) is 77.0 Å². The lowest BCUT2D eigenvalue weighted by molar-refractivity contribution is 0.0164. The number of likely N-dealkylation sites (N-methyl/N-ethyl adjacent to an activating group) is 1. The monoisotopic (exact) mass is 482 g/mol. The van der Waals surface area contributed by atoms with E-state index >= 15 is 0 Å². The molecule has 1 unspecified atom stereocenters. The molecule has 4 aromatic rings. The minimum absolute atomic E-state index is 0.129. The van der Waals surface area contributed by atoms with E-state index < -0.39 is 17.5 Å². The lowest BCUT2D eigenvalue weighted by Gasteiger charge is -2.37. The number of anilines is 1. The highest BCUT2D eigenvalue weighted by molar-refractivity contribution is 6.33. The van der Waals surface area contributed by atoms with Gasteiger partial charge in [-0.3, -0.25) is 4.40 Å². The van der Waals surface area contributed by atoms with Gasteiger partial charge in [-0.1, -0.05) is 35.9 Å². The fourth-order valence-corrected chi connectivity index (χ4v) is 3.88. The minimum Gasteiger partial charge on any atom is -0.386 e. The highest BCUT2D eigenvalue weighted by atomic mass is 35.5. The van der Waals surface area contributed by atoms with Crippen molar-refractivity contribution in [1.29, 1.82) is 0 Å². The normalized spacial score (nSPS) is 13.9. The van der Waals surface area contributed by atoms with Gasteiger partial charge < -0.3 is 15.3 Å². The molecule has 9 heteroatoms. The Hall–Kier alpha value is -3.07. The SMILES string of the molecule is C[C@H](Nc1ncc(F)c(-c2cnc3c(Cl)cccn23)n1)c1ccc(C(O)C(C)(C)N(C)C)cc1. The molecule has 0 aliphatic carbocycles. The van der Waals surface area contributed by atoms with Gasteiger partial charge in [0, 0.05) is 11.7 Å². The standard InChI is InChI=1S/C25H28ClFN6O/c1-15(16-8-10-17(11-9-16)22(34)25(2,3)32(4)5)30-24-29-13-19(27)21(31-24)20-14-28-23-18(26)7-6-12-33(20)23/h6-15,22,34H,1-5H3,(H,29,30,31)/t15-,22?/m0/s1. The van der Waals surface area contributed by atoms with Crippen molar-refractivity contribution in [2.45, 2.75) is 38.5 Å². The molecule has 2 atom stereocenters. The van der Waals surface area contributed by atoms with E-state index in [1.165, 1.54) is 0 Å². The quantitative estimate of drug-likeness (QED) is 0.380. The second-order valence-electron chi connectivity index (χ2n) is 9.07. The highest BCUT2D eigenvalue weighted by Crippen LogP contribution is 2.31. The summed E-state index contributed by atoms with van der Waals surface area (Å²) in [4.78, 5) is 14.8. The zero-order valence-corrected chi connectivity index (χ0v) is 20.5. The topological polar surface area (TPSA) is 78.6 Å². The van der Waals surface area contributed by atoms with Crippen molar-refractivity contribution in [2.75, 3.05) is 19.4 Å². The van der Waals surface area contributed by atoms with Gasteiger partial charge in [0.05, 0.1) is 35.3 Å². The summed E-state index contributed by atoms with van der Waals surface area (Å²) in [6, 6.07) is 11.1. The first kappa shape index (κ1) is 24.1. The molecule has 0 aliphatic heterocycles. The number of fused-ring (bicyclic) bond motifs is 1. The number of nitrogens with one attached hydrogen (secondary N) is 1. The van der Waals surface area contributed by atoms with Gasteiger partial charge in [-0.2, -0.15) is 0 Å². The summed E-state index contributed by atoms with van der Waals surface area (Å²) < 4.78 is 16.3. The molecule has 0 saturated carbocycles. The Labute approximate surface area is 203 Å². The molecule has 0 saturated heterocycles. The summed E-state index contributed by atoms with van der Waals surface area (Å²) in [5.74, 6) is -0.263. The number of rotatable bonds is 7. The number of aliphatic hydroxyl groups is 1. The van der Waals surface area contributed by atoms with Gasteiger partial charge in [-0.25, -0.2) is 19.3 Å². The largest absolute Gasteiger partial charge is 0.386 e. The molecule has 3 heterocycles. The molecule has 178 valence electrons. The van der Waals surface area contributed by atoms with Crippen LogP contribution in [0.3, 0.4) is 0 Å². The van der Waals surface area contributed by atoms with E-state index in [1.54, 1.807) is 28.9 Å². The fourth-order valence-electron chi connectivity index (χ4n) is 3.66. The van der Waals surface area contributed by atoms with Crippen molar-refractivity contribution < 1.29 is 9.50 Å². The lowest BCUT2D eigenvalue weighted by Crippen LogP contribution is -2.43. The zero-order valence-electron chi connectivity index (χ0n) is 19.8. The Morgan fingerprint density at radius 2 is 1.76 bits per heavy atom. The molecule has 3 aromatic heterocycles. The van der Waals surface area contributed by atoms with Crippen LogP contribution in [0.4, 0.5) is 10.3 Å². The van der Waals surface area contributed by atoms with Crippen molar-refractivity contribution >= 4 is 23.2 Å². The molecule has 0 spiro atoms. The Kier molecular flexibility index (Phi) is 6.58. The number of aromatic nitrogens is 4. The van der Waals surface area contributed by atoms with E-state index in [9.17, 15) is 9.50 Å². The first-order valence-corrected chi connectivity index (χ1v) is 11.3. The number of benzene rings is 1. The molecule has 2 N–H and O–H groups in total. The van der Waals surface area contributed by atoms with E-state index in [-0.39, 0.29) is 11.7 Å². The molecule has 0 radical (unpaired) electrons. The molecule has 4 rings (SSSR count). The molecule has 0 amide bonds. The van der Waals surface area contributed by atoms with Gasteiger partial charge in [-0.15, -0.1) is 0 Å². The maximum Gasteiger partial charge on any atom is 0.223 e. The van der Waals surface area contributed by atoms with Crippen molar-refractivity contribution in [1.82, 2.24) is 24.3 Å². The Morgan fingerprint density at radius 1 is 1.09 bits per heavy atom. The van der Waals surface area contributed by atoms with E-state index in [0.717, 1.165) is 17.3 Å². The predicted molar refractivity (Wildman–Crippen MR) is 132 cm³/mol. The summed E-state index contributed by atoms with van der Waals surface area (Å²) in [6.45, 7) is 5.96. The summed E-state index contributed by atoms with van der Waals surface area (Å²) in [5, 5.41) is 14.5. The average Bonchev–Trinajstić information content (AvgIpc) is 3.25. The third-order valence-corrected chi connectivity index (χ3v) is 6.69. The summed E-state index contributed by atoms with van der Waals surface area (Å²) in [5.41, 5.74) is 2.54. The first-order chi connectivity index (χ1) is 16.1. The number of hydrogen-bond donors (Lipinski definition) is 2. The van der Waals surface area contributed by atoms with Gasteiger partial charge >= 0.3 is 0 Å². The van der Waals surface area contributed by atoms with Crippen LogP contribution in [0.2, 0.25) is 5.02 Å². The zero-order chi connectivity index (χ0) is 24.6. The molecule has 7 nitrogen and oxygen atoms in total. The van der Waals surface area contributed by atoms with Crippen molar-refractivity contribution in [3.63, 3.8) is 0 Å². The summed E-state index contributed by atoms with van der Waals surface area (Å²) in [7, 11) is 3.89. The number of aliphatic hydroxyl groups excluding tert-OH is 1. The first-order valence-electron chi connectivity index (χ1n) is 11.0. The third-order valence-electron chi connectivity index (χ3n) is 6.39. The number of halogens is 2. The summed E-state index contributed by atoms with van der Waals surface area (Å²) in [6.07, 6.45) is 3.80. The second-order valence-corrected chi connectivity index (χ2v) is 9.47. The van der Waals surface area contributed by atoms with Crippen LogP contribution >= 0.6 is 11.6 Å². The molecule has 0 aliphatic rings. The van der Waals surface area contributed by atoms with Gasteiger partial charge in [0.25, 0.3) is 0 Å². The van der Waals surface area contributed by atoms with Crippen LogP contribution in [0.5, 0.6) is 0 Å². The van der Waals surface area contributed by atoms with Crippen molar-refractivity contribution in [2.24, 2.45) is 0 Å². The van der Waals surface area contributed by atoms with E-state index in [2.05, 4.69) is 20.3 Å². The van der Waals surface area contributed by atoms with Crippen LogP contribution in [-0.4, -0.2) is 49.0 Å². The van der Waals surface area contributed by atoms with Crippen LogP contribution in [0.1, 0.15) is 44.0 Å². The third kappa shape index (κ3) is 4.49. The molecular weight excluding hydrogens is 455 g/mol. The smallest absolute Gasteiger partial charge is 0.223 e. The molecule has 0 bridgehead atoms. The second kappa shape index (κ2) is 9.29. The van der Waals surface area contributed by atoms with Crippen LogP contribution in [0.15, 0.2) is 55.0 Å². The Balaban J connectivity index is 1.56. The van der Waals surface area contributed by atoms with Crippen LogP contribution in [-0.2, 0) is 0 Å². The fraction of sp³-hybridized carbons (Fsp3) is 0.320. The molecular formula is C25H28ClFN6O. The Bertz CT molecular complexity index is 1300. The van der Waals surface area contributed by atoms with Crippen LogP contribution < -0.4 is 5.32 Å². The van der Waals surface area contributed by atoms with E-state index in [4.69, 9.17) is 11.6 Å².